The average Bonchev–Trinajstić information content (AvgIpc) is 2.70. The number of aromatic nitrogens is 2. The normalized spacial score (nSPS) is 22.1. The Morgan fingerprint density at radius 2 is 1.88 bits per heavy atom. The van der Waals surface area contributed by atoms with Gasteiger partial charge in [-0.2, -0.15) is 5.26 Å². The quantitative estimate of drug-likeness (QED) is 0.701. The molecule has 0 aromatic carbocycles. The van der Waals surface area contributed by atoms with E-state index in [0.717, 1.165) is 0 Å². The number of nitrogens with one attached hydrogen (secondary N) is 1. The van der Waals surface area contributed by atoms with Crippen molar-refractivity contribution in [3.63, 3.8) is 0 Å². The number of hydrogen-bond acceptors (Lipinski definition) is 4. The zero-order valence-corrected chi connectivity index (χ0v) is 9.87. The van der Waals surface area contributed by atoms with Gasteiger partial charge < -0.3 is 14.3 Å². The third kappa shape index (κ3) is 1.62. The summed E-state index contributed by atoms with van der Waals surface area (Å²) in [6, 6.07) is 1.93. The van der Waals surface area contributed by atoms with Crippen molar-refractivity contribution in [2.24, 2.45) is 0 Å². The first-order chi connectivity index (χ1) is 7.36. The fourth-order valence-corrected chi connectivity index (χ4v) is 1.48. The van der Waals surface area contributed by atoms with Crippen LogP contribution in [0.4, 0.5) is 0 Å². The molecule has 2 rings (SSSR count). The molecule has 1 N–H and O–H groups in total. The van der Waals surface area contributed by atoms with Crippen LogP contribution in [0.2, 0.25) is 0 Å². The highest BCUT2D eigenvalue weighted by atomic mass is 16.7. The molecule has 0 aliphatic carbocycles. The molecule has 1 aliphatic heterocycles. The Kier molecular flexibility index (Phi) is 2.33. The molecule has 1 aromatic heterocycles. The maximum atomic E-state index is 8.67. The van der Waals surface area contributed by atoms with E-state index in [2.05, 4.69) is 9.97 Å². The lowest BCUT2D eigenvalue weighted by Crippen LogP contribution is -2.41. The number of nitriles is 1. The van der Waals surface area contributed by atoms with Crippen LogP contribution >= 0.6 is 0 Å². The average molecular weight is 219 g/mol. The summed E-state index contributed by atoms with van der Waals surface area (Å²) in [5.74, 6) is 0.268. The lowest BCUT2D eigenvalue weighted by molar-refractivity contribution is 0.00578. The molecule has 0 spiro atoms. The van der Waals surface area contributed by atoms with E-state index < -0.39 is 7.12 Å². The summed E-state index contributed by atoms with van der Waals surface area (Å²) in [6.07, 6.45) is 1.57. The SMILES string of the molecule is CC1(C)OB(c2cnc(C#N)[nH]2)OC1(C)C. The van der Waals surface area contributed by atoms with Crippen LogP contribution in [0.1, 0.15) is 33.5 Å². The molecule has 1 saturated heterocycles. The van der Waals surface area contributed by atoms with E-state index in [0.29, 0.717) is 5.59 Å². The lowest BCUT2D eigenvalue weighted by Gasteiger charge is -2.32. The van der Waals surface area contributed by atoms with Gasteiger partial charge in [0, 0.05) is 6.20 Å². The van der Waals surface area contributed by atoms with Gasteiger partial charge in [-0.1, -0.05) is 0 Å². The van der Waals surface area contributed by atoms with Crippen LogP contribution in [0.3, 0.4) is 0 Å². The minimum absolute atomic E-state index is 0.268. The van der Waals surface area contributed by atoms with Gasteiger partial charge in [-0.3, -0.25) is 0 Å². The van der Waals surface area contributed by atoms with Crippen LogP contribution in [0.5, 0.6) is 0 Å². The van der Waals surface area contributed by atoms with Crippen molar-refractivity contribution in [3.05, 3.63) is 12.0 Å². The third-order valence-electron chi connectivity index (χ3n) is 3.21. The van der Waals surface area contributed by atoms with E-state index in [-0.39, 0.29) is 17.0 Å². The predicted octanol–water partition coefficient (Wildman–Crippen LogP) is 0.581. The molecule has 0 amide bonds. The molecule has 1 aliphatic rings. The lowest BCUT2D eigenvalue weighted by atomic mass is 9.86. The fraction of sp³-hybridized carbons (Fsp3) is 0.600. The van der Waals surface area contributed by atoms with Crippen LogP contribution in [-0.4, -0.2) is 28.3 Å². The highest BCUT2D eigenvalue weighted by molar-refractivity contribution is 6.61. The van der Waals surface area contributed by atoms with Gasteiger partial charge in [0.15, 0.2) is 0 Å². The highest BCUT2D eigenvalue weighted by Gasteiger charge is 2.52. The van der Waals surface area contributed by atoms with Crippen molar-refractivity contribution in [1.82, 2.24) is 9.97 Å². The first-order valence-electron chi connectivity index (χ1n) is 5.16. The summed E-state index contributed by atoms with van der Waals surface area (Å²) in [5, 5.41) is 8.67. The number of rotatable bonds is 1. The predicted molar refractivity (Wildman–Crippen MR) is 59.0 cm³/mol. The van der Waals surface area contributed by atoms with Gasteiger partial charge in [-0.15, -0.1) is 0 Å². The zero-order chi connectivity index (χ0) is 12.0. The van der Waals surface area contributed by atoms with Crippen LogP contribution in [0, 0.1) is 11.3 Å². The van der Waals surface area contributed by atoms with Gasteiger partial charge in [0.1, 0.15) is 6.07 Å². The summed E-state index contributed by atoms with van der Waals surface area (Å²) in [7, 11) is -0.486. The molecule has 0 bridgehead atoms. The van der Waals surface area contributed by atoms with Crippen molar-refractivity contribution in [3.8, 4) is 6.07 Å². The first-order valence-corrected chi connectivity index (χ1v) is 5.16. The number of aromatic amines is 1. The van der Waals surface area contributed by atoms with E-state index in [1.165, 1.54) is 0 Å². The Morgan fingerprint density at radius 3 is 2.31 bits per heavy atom. The van der Waals surface area contributed by atoms with Crippen molar-refractivity contribution in [1.29, 1.82) is 5.26 Å². The van der Waals surface area contributed by atoms with Crippen molar-refractivity contribution in [2.45, 2.75) is 38.9 Å². The van der Waals surface area contributed by atoms with Crippen LogP contribution in [-0.2, 0) is 9.31 Å². The van der Waals surface area contributed by atoms with Crippen molar-refractivity contribution < 1.29 is 9.31 Å². The smallest absolute Gasteiger partial charge is 0.398 e. The number of nitrogens with zero attached hydrogens (tertiary/aromatic N) is 2. The Labute approximate surface area is 94.9 Å². The number of H-pyrrole nitrogens is 1. The summed E-state index contributed by atoms with van der Waals surface area (Å²) >= 11 is 0. The van der Waals surface area contributed by atoms with Crippen molar-refractivity contribution >= 4 is 12.7 Å². The van der Waals surface area contributed by atoms with E-state index in [1.54, 1.807) is 6.20 Å². The van der Waals surface area contributed by atoms with Crippen molar-refractivity contribution in [2.75, 3.05) is 0 Å². The second-order valence-electron chi connectivity index (χ2n) is 4.89. The largest absolute Gasteiger partial charge is 0.513 e. The van der Waals surface area contributed by atoms with Gasteiger partial charge in [0.2, 0.25) is 5.82 Å². The zero-order valence-electron chi connectivity index (χ0n) is 9.87. The maximum Gasteiger partial charge on any atom is 0.513 e. The minimum Gasteiger partial charge on any atom is -0.398 e. The van der Waals surface area contributed by atoms with E-state index in [1.807, 2.05) is 33.8 Å². The summed E-state index contributed by atoms with van der Waals surface area (Å²) < 4.78 is 11.6. The molecule has 0 atom stereocenters. The Balaban J connectivity index is 2.24. The molecule has 0 saturated carbocycles. The molecule has 2 heterocycles. The molecule has 84 valence electrons. The summed E-state index contributed by atoms with van der Waals surface area (Å²) in [4.78, 5) is 6.76. The first kappa shape index (κ1) is 11.2. The Hall–Kier alpha value is -1.32. The molecule has 6 heteroatoms. The summed E-state index contributed by atoms with van der Waals surface area (Å²) in [6.45, 7) is 7.92. The second kappa shape index (κ2) is 3.34. The van der Waals surface area contributed by atoms with E-state index in [9.17, 15) is 0 Å². The third-order valence-corrected chi connectivity index (χ3v) is 3.21. The molecule has 1 fully saturated rings. The minimum atomic E-state index is -0.486. The molecular formula is C10H14BN3O2. The Morgan fingerprint density at radius 1 is 1.31 bits per heavy atom. The van der Waals surface area contributed by atoms with Gasteiger partial charge in [-0.05, 0) is 27.7 Å². The van der Waals surface area contributed by atoms with Gasteiger partial charge in [-0.25, -0.2) is 4.98 Å². The highest BCUT2D eigenvalue weighted by Crippen LogP contribution is 2.36. The van der Waals surface area contributed by atoms with E-state index in [4.69, 9.17) is 14.6 Å². The number of hydrogen-bond donors (Lipinski definition) is 1. The molecule has 5 nitrogen and oxygen atoms in total. The second-order valence-corrected chi connectivity index (χ2v) is 4.89. The monoisotopic (exact) mass is 219 g/mol. The molecular weight excluding hydrogens is 205 g/mol. The van der Waals surface area contributed by atoms with Crippen LogP contribution in [0.25, 0.3) is 0 Å². The standard InChI is InChI=1S/C10H14BN3O2/c1-9(2)10(3,4)16-11(15-9)7-6-13-8(5-12)14-7/h6H,1-4H3,(H,13,14). The van der Waals surface area contributed by atoms with Gasteiger partial charge in [0.25, 0.3) is 0 Å². The summed E-state index contributed by atoms with van der Waals surface area (Å²) in [5.41, 5.74) is -0.0827. The molecule has 16 heavy (non-hydrogen) atoms. The molecule has 1 aromatic rings. The van der Waals surface area contributed by atoms with Gasteiger partial charge >= 0.3 is 7.12 Å². The van der Waals surface area contributed by atoms with E-state index >= 15 is 0 Å². The van der Waals surface area contributed by atoms with Crippen LogP contribution < -0.4 is 5.59 Å². The number of imidazole rings is 1. The van der Waals surface area contributed by atoms with Crippen LogP contribution in [0.15, 0.2) is 6.20 Å². The maximum absolute atomic E-state index is 8.67. The molecule has 0 radical (unpaired) electrons. The fourth-order valence-electron chi connectivity index (χ4n) is 1.48. The molecule has 0 unspecified atom stereocenters. The topological polar surface area (TPSA) is 70.9 Å². The Bertz CT molecular complexity index is 431. The van der Waals surface area contributed by atoms with Gasteiger partial charge in [0.05, 0.1) is 16.8 Å².